The molecule has 0 saturated carbocycles. The summed E-state index contributed by atoms with van der Waals surface area (Å²) in [5.41, 5.74) is 8.57. The highest BCUT2D eigenvalue weighted by atomic mass is 79.9. The molecule has 0 aliphatic carbocycles. The van der Waals surface area contributed by atoms with Crippen molar-refractivity contribution in [1.29, 1.82) is 0 Å². The van der Waals surface area contributed by atoms with Crippen molar-refractivity contribution in [1.82, 2.24) is 0 Å². The van der Waals surface area contributed by atoms with Gasteiger partial charge in [0.2, 0.25) is 0 Å². The van der Waals surface area contributed by atoms with E-state index in [2.05, 4.69) is 28.1 Å². The lowest BCUT2D eigenvalue weighted by molar-refractivity contribution is 0.412. The minimum Gasteiger partial charge on any atom is -0.496 e. The first-order valence-electron chi connectivity index (χ1n) is 6.41. The van der Waals surface area contributed by atoms with Crippen LogP contribution in [0.1, 0.15) is 11.1 Å². The second-order valence-electron chi connectivity index (χ2n) is 4.77. The van der Waals surface area contributed by atoms with Gasteiger partial charge in [0.1, 0.15) is 5.75 Å². The Morgan fingerprint density at radius 2 is 1.85 bits per heavy atom. The van der Waals surface area contributed by atoms with Gasteiger partial charge in [-0.1, -0.05) is 29.8 Å². The van der Waals surface area contributed by atoms with E-state index in [4.69, 9.17) is 22.1 Å². The molecule has 0 fully saturated rings. The van der Waals surface area contributed by atoms with E-state index in [-0.39, 0.29) is 6.04 Å². The molecule has 0 heterocycles. The maximum Gasteiger partial charge on any atom is 0.133 e. The van der Waals surface area contributed by atoms with Crippen molar-refractivity contribution >= 4 is 27.5 Å². The van der Waals surface area contributed by atoms with Crippen LogP contribution in [0.3, 0.4) is 0 Å². The van der Waals surface area contributed by atoms with E-state index in [9.17, 15) is 0 Å². The maximum atomic E-state index is 6.22. The van der Waals surface area contributed by atoms with Gasteiger partial charge in [-0.05, 0) is 64.2 Å². The summed E-state index contributed by atoms with van der Waals surface area (Å²) in [4.78, 5) is 0. The first kappa shape index (κ1) is 15.4. The number of nitrogens with two attached hydrogens (primary N) is 1. The molecule has 0 spiro atoms. The third kappa shape index (κ3) is 4.23. The van der Waals surface area contributed by atoms with Gasteiger partial charge in [0, 0.05) is 11.1 Å². The van der Waals surface area contributed by atoms with Crippen LogP contribution in [0, 0.1) is 0 Å². The lowest BCUT2D eigenvalue weighted by Gasteiger charge is -2.13. The zero-order valence-electron chi connectivity index (χ0n) is 11.3. The molecule has 2 nitrogen and oxygen atoms in total. The van der Waals surface area contributed by atoms with Gasteiger partial charge in [0.05, 0.1) is 11.6 Å². The second kappa shape index (κ2) is 7.11. The summed E-state index contributed by atoms with van der Waals surface area (Å²) in [7, 11) is 1.66. The van der Waals surface area contributed by atoms with E-state index < -0.39 is 0 Å². The van der Waals surface area contributed by atoms with Gasteiger partial charge in [-0.3, -0.25) is 0 Å². The molecule has 20 heavy (non-hydrogen) atoms. The molecule has 1 atom stereocenters. The fourth-order valence-corrected chi connectivity index (χ4v) is 2.98. The molecule has 0 radical (unpaired) electrons. The first-order chi connectivity index (χ1) is 9.58. The molecular formula is C16H17BrClNO. The molecule has 1 unspecified atom stereocenters. The Morgan fingerprint density at radius 3 is 2.45 bits per heavy atom. The third-order valence-electron chi connectivity index (χ3n) is 3.10. The molecule has 2 aromatic rings. The van der Waals surface area contributed by atoms with E-state index >= 15 is 0 Å². The number of hydrogen-bond acceptors (Lipinski definition) is 2. The van der Waals surface area contributed by atoms with Gasteiger partial charge < -0.3 is 10.5 Å². The Hall–Kier alpha value is -1.03. The highest BCUT2D eigenvalue weighted by Gasteiger charge is 2.08. The smallest absolute Gasteiger partial charge is 0.133 e. The SMILES string of the molecule is COc1ccc(CC(N)Cc2cccc(Cl)c2)cc1Br. The lowest BCUT2D eigenvalue weighted by atomic mass is 10.00. The number of rotatable bonds is 5. The normalized spacial score (nSPS) is 12.2. The first-order valence-corrected chi connectivity index (χ1v) is 7.58. The van der Waals surface area contributed by atoms with Crippen LogP contribution in [-0.4, -0.2) is 13.2 Å². The van der Waals surface area contributed by atoms with Crippen LogP contribution in [0.2, 0.25) is 5.02 Å². The fraction of sp³-hybridized carbons (Fsp3) is 0.250. The summed E-state index contributed by atoms with van der Waals surface area (Å²) >= 11 is 9.47. The van der Waals surface area contributed by atoms with Crippen molar-refractivity contribution in [2.75, 3.05) is 7.11 Å². The average Bonchev–Trinajstić information content (AvgIpc) is 2.38. The molecule has 106 valence electrons. The van der Waals surface area contributed by atoms with E-state index in [1.165, 1.54) is 5.56 Å². The fourth-order valence-electron chi connectivity index (χ4n) is 2.18. The predicted molar refractivity (Wildman–Crippen MR) is 87.5 cm³/mol. The number of methoxy groups -OCH3 is 1. The zero-order valence-corrected chi connectivity index (χ0v) is 13.6. The van der Waals surface area contributed by atoms with E-state index in [1.54, 1.807) is 7.11 Å². The maximum absolute atomic E-state index is 6.22. The quantitative estimate of drug-likeness (QED) is 0.872. The summed E-state index contributed by atoms with van der Waals surface area (Å²) < 4.78 is 6.17. The molecule has 0 aliphatic rings. The van der Waals surface area contributed by atoms with E-state index in [0.29, 0.717) is 0 Å². The number of ether oxygens (including phenoxy) is 1. The standard InChI is InChI=1S/C16H17BrClNO/c1-20-16-6-5-12(10-15(16)17)9-14(19)8-11-3-2-4-13(18)7-11/h2-7,10,14H,8-9,19H2,1H3. The molecular weight excluding hydrogens is 338 g/mol. The zero-order chi connectivity index (χ0) is 14.5. The third-order valence-corrected chi connectivity index (χ3v) is 3.96. The molecule has 4 heteroatoms. The molecule has 0 bridgehead atoms. The molecule has 0 amide bonds. The van der Waals surface area contributed by atoms with Crippen molar-refractivity contribution in [3.63, 3.8) is 0 Å². The van der Waals surface area contributed by atoms with E-state index in [1.807, 2.05) is 30.3 Å². The Balaban J connectivity index is 2.01. The second-order valence-corrected chi connectivity index (χ2v) is 6.06. The van der Waals surface area contributed by atoms with Crippen LogP contribution in [0.15, 0.2) is 46.9 Å². The van der Waals surface area contributed by atoms with Crippen molar-refractivity contribution in [2.24, 2.45) is 5.73 Å². The summed E-state index contributed by atoms with van der Waals surface area (Å²) in [6, 6.07) is 13.9. The lowest BCUT2D eigenvalue weighted by Crippen LogP contribution is -2.25. The summed E-state index contributed by atoms with van der Waals surface area (Å²) in [5, 5.41) is 0.752. The average molecular weight is 355 g/mol. The number of benzene rings is 2. The highest BCUT2D eigenvalue weighted by molar-refractivity contribution is 9.10. The molecule has 2 N–H and O–H groups in total. The van der Waals surface area contributed by atoms with Crippen LogP contribution < -0.4 is 10.5 Å². The van der Waals surface area contributed by atoms with Crippen molar-refractivity contribution in [3.05, 3.63) is 63.1 Å². The highest BCUT2D eigenvalue weighted by Crippen LogP contribution is 2.26. The molecule has 0 saturated heterocycles. The Morgan fingerprint density at radius 1 is 1.15 bits per heavy atom. The van der Waals surface area contributed by atoms with Crippen LogP contribution >= 0.6 is 27.5 Å². The Bertz CT molecular complexity index is 588. The molecule has 2 rings (SSSR count). The van der Waals surface area contributed by atoms with Gasteiger partial charge in [-0.25, -0.2) is 0 Å². The monoisotopic (exact) mass is 353 g/mol. The van der Waals surface area contributed by atoms with Gasteiger partial charge >= 0.3 is 0 Å². The Labute approximate surface area is 133 Å². The number of halogens is 2. The van der Waals surface area contributed by atoms with Crippen molar-refractivity contribution in [3.8, 4) is 5.75 Å². The molecule has 2 aromatic carbocycles. The summed E-state index contributed by atoms with van der Waals surface area (Å²) in [6.07, 6.45) is 1.62. The summed E-state index contributed by atoms with van der Waals surface area (Å²) in [5.74, 6) is 0.831. The van der Waals surface area contributed by atoms with Gasteiger partial charge in [0.15, 0.2) is 0 Å². The van der Waals surface area contributed by atoms with Gasteiger partial charge in [0.25, 0.3) is 0 Å². The predicted octanol–water partition coefficient (Wildman–Crippen LogP) is 4.22. The van der Waals surface area contributed by atoms with Crippen LogP contribution in [0.5, 0.6) is 5.75 Å². The van der Waals surface area contributed by atoms with Crippen LogP contribution in [0.25, 0.3) is 0 Å². The Kier molecular flexibility index (Phi) is 5.46. The van der Waals surface area contributed by atoms with Crippen LogP contribution in [0.4, 0.5) is 0 Å². The largest absolute Gasteiger partial charge is 0.496 e. The summed E-state index contributed by atoms with van der Waals surface area (Å²) in [6.45, 7) is 0. The van der Waals surface area contributed by atoms with Crippen molar-refractivity contribution in [2.45, 2.75) is 18.9 Å². The van der Waals surface area contributed by atoms with E-state index in [0.717, 1.165) is 33.6 Å². The van der Waals surface area contributed by atoms with Crippen LogP contribution in [-0.2, 0) is 12.8 Å². The molecule has 0 aromatic heterocycles. The van der Waals surface area contributed by atoms with Gasteiger partial charge in [-0.15, -0.1) is 0 Å². The van der Waals surface area contributed by atoms with Crippen molar-refractivity contribution < 1.29 is 4.74 Å². The number of hydrogen-bond donors (Lipinski definition) is 1. The molecule has 0 aliphatic heterocycles. The topological polar surface area (TPSA) is 35.2 Å². The minimum atomic E-state index is 0.0637. The minimum absolute atomic E-state index is 0.0637. The van der Waals surface area contributed by atoms with Gasteiger partial charge in [-0.2, -0.15) is 0 Å².